The fraction of sp³-hybridized carbons (Fsp3) is 0.513. The zero-order chi connectivity index (χ0) is 36.6. The summed E-state index contributed by atoms with van der Waals surface area (Å²) < 4.78 is 17.8. The second kappa shape index (κ2) is 14.1. The molecule has 11 nitrogen and oxygen atoms in total. The molecule has 5 N–H and O–H groups in total. The third-order valence-corrected chi connectivity index (χ3v) is 11.1. The van der Waals surface area contributed by atoms with Crippen LogP contribution in [0.3, 0.4) is 0 Å². The normalized spacial score (nSPS) is 39.1. The van der Waals surface area contributed by atoms with Crippen LogP contribution in [-0.4, -0.2) is 96.7 Å². The number of carbonyl (C=O) groups excluding carboxylic acids is 3. The molecule has 1 aromatic carbocycles. The summed E-state index contributed by atoms with van der Waals surface area (Å²) in [4.78, 5) is 40.5. The number of esters is 2. The van der Waals surface area contributed by atoms with E-state index in [1.807, 2.05) is 12.1 Å². The van der Waals surface area contributed by atoms with Crippen LogP contribution >= 0.6 is 0 Å². The van der Waals surface area contributed by atoms with Crippen molar-refractivity contribution >= 4 is 23.8 Å². The number of aliphatic hydroxyl groups is 5. The first kappa shape index (κ1) is 37.5. The molecule has 4 aliphatic rings. The first-order valence-electron chi connectivity index (χ1n) is 17.2. The minimum Gasteiger partial charge on any atom is -0.455 e. The van der Waals surface area contributed by atoms with Crippen molar-refractivity contribution in [1.29, 1.82) is 0 Å². The van der Waals surface area contributed by atoms with Gasteiger partial charge in [0, 0.05) is 24.0 Å². The van der Waals surface area contributed by atoms with E-state index in [9.17, 15) is 39.9 Å². The van der Waals surface area contributed by atoms with Crippen LogP contribution < -0.4 is 0 Å². The van der Waals surface area contributed by atoms with Gasteiger partial charge in [0.05, 0.1) is 18.1 Å². The SMILES string of the molecule is C=C(C)[C@@]1(O)[C@H](OC(=O)/C=C/C=C/CCCCC)[C@@H]2[C@@H]3O[C@]3(CO)[C@@H](O)[C@]3(O)C(=O)C(C)=C[C@H]3[C@@]2(O)[C@H](C)[C@H]1OC(=O)/C=C/c1ccccc1. The van der Waals surface area contributed by atoms with Crippen LogP contribution in [0, 0.1) is 17.8 Å². The second-order valence-corrected chi connectivity index (χ2v) is 14.1. The van der Waals surface area contributed by atoms with E-state index in [4.69, 9.17) is 14.2 Å². The Labute approximate surface area is 292 Å². The third kappa shape index (κ3) is 5.93. The Hall–Kier alpha value is -3.71. The molecule has 270 valence electrons. The molecular formula is C39H48O11. The highest BCUT2D eigenvalue weighted by Crippen LogP contribution is 2.66. The number of carbonyl (C=O) groups is 3. The van der Waals surface area contributed by atoms with Gasteiger partial charge < -0.3 is 39.7 Å². The van der Waals surface area contributed by atoms with Crippen molar-refractivity contribution in [2.75, 3.05) is 6.61 Å². The minimum atomic E-state index is -2.68. The number of Topliss-reactive ketones (excluding diaryl/α,β-unsaturated/α-hetero) is 1. The van der Waals surface area contributed by atoms with Crippen molar-refractivity contribution in [2.24, 2.45) is 17.8 Å². The molecule has 1 saturated heterocycles. The summed E-state index contributed by atoms with van der Waals surface area (Å²) in [6.07, 6.45) is 7.29. The number of aliphatic hydroxyl groups excluding tert-OH is 2. The number of unbranched alkanes of at least 4 members (excludes halogenated alkanes) is 3. The van der Waals surface area contributed by atoms with Gasteiger partial charge >= 0.3 is 11.9 Å². The van der Waals surface area contributed by atoms with Crippen molar-refractivity contribution in [3.63, 3.8) is 0 Å². The zero-order valence-corrected chi connectivity index (χ0v) is 28.9. The molecule has 1 aromatic rings. The van der Waals surface area contributed by atoms with Crippen LogP contribution in [0.25, 0.3) is 6.08 Å². The van der Waals surface area contributed by atoms with Crippen LogP contribution in [0.4, 0.5) is 0 Å². The Morgan fingerprint density at radius 2 is 1.68 bits per heavy atom. The van der Waals surface area contributed by atoms with E-state index < -0.39 is 88.9 Å². The van der Waals surface area contributed by atoms with E-state index >= 15 is 0 Å². The van der Waals surface area contributed by atoms with Crippen molar-refractivity contribution in [1.82, 2.24) is 0 Å². The molecule has 11 atom stereocenters. The van der Waals surface area contributed by atoms with Gasteiger partial charge in [-0.3, -0.25) is 4.79 Å². The Morgan fingerprint density at radius 3 is 2.32 bits per heavy atom. The molecule has 3 fully saturated rings. The van der Waals surface area contributed by atoms with Crippen LogP contribution in [0.1, 0.15) is 58.9 Å². The lowest BCUT2D eigenvalue weighted by atomic mass is 9.53. The number of epoxide rings is 1. The first-order valence-corrected chi connectivity index (χ1v) is 17.2. The summed E-state index contributed by atoms with van der Waals surface area (Å²) in [5.41, 5.74) is -8.62. The fourth-order valence-electron chi connectivity index (χ4n) is 8.29. The predicted molar refractivity (Wildman–Crippen MR) is 183 cm³/mol. The summed E-state index contributed by atoms with van der Waals surface area (Å²) >= 11 is 0. The van der Waals surface area contributed by atoms with E-state index in [2.05, 4.69) is 13.5 Å². The van der Waals surface area contributed by atoms with Crippen molar-refractivity contribution in [3.05, 3.63) is 90.1 Å². The molecule has 0 amide bonds. The lowest BCUT2D eigenvalue weighted by Gasteiger charge is -2.59. The van der Waals surface area contributed by atoms with Crippen molar-refractivity contribution < 1.29 is 54.1 Å². The lowest BCUT2D eigenvalue weighted by molar-refractivity contribution is -0.287. The topological polar surface area (TPSA) is 183 Å². The maximum Gasteiger partial charge on any atom is 0.331 e. The highest BCUT2D eigenvalue weighted by Gasteiger charge is 2.85. The van der Waals surface area contributed by atoms with Crippen LogP contribution in [0.5, 0.6) is 0 Å². The number of ether oxygens (including phenoxy) is 3. The first-order chi connectivity index (χ1) is 23.6. The van der Waals surface area contributed by atoms with E-state index in [1.54, 1.807) is 30.3 Å². The van der Waals surface area contributed by atoms with E-state index in [1.165, 1.54) is 39.0 Å². The highest BCUT2D eigenvalue weighted by molar-refractivity contribution is 6.05. The van der Waals surface area contributed by atoms with Crippen molar-refractivity contribution in [2.45, 2.75) is 100 Å². The second-order valence-electron chi connectivity index (χ2n) is 14.1. The average Bonchev–Trinajstić information content (AvgIpc) is 3.78. The van der Waals surface area contributed by atoms with Gasteiger partial charge in [-0.2, -0.15) is 0 Å². The molecule has 0 radical (unpaired) electrons. The van der Waals surface area contributed by atoms with E-state index in [0.717, 1.165) is 37.8 Å². The number of rotatable bonds is 12. The van der Waals surface area contributed by atoms with Crippen LogP contribution in [0.15, 0.2) is 84.5 Å². The van der Waals surface area contributed by atoms with Crippen LogP contribution in [0.2, 0.25) is 0 Å². The molecule has 5 rings (SSSR count). The number of benzene rings is 1. The molecule has 1 aliphatic heterocycles. The van der Waals surface area contributed by atoms with Crippen LogP contribution in [-0.2, 0) is 28.6 Å². The molecule has 0 spiro atoms. The maximum atomic E-state index is 13.6. The molecule has 3 aliphatic carbocycles. The predicted octanol–water partition coefficient (Wildman–Crippen LogP) is 2.90. The summed E-state index contributed by atoms with van der Waals surface area (Å²) in [6, 6.07) is 8.91. The third-order valence-electron chi connectivity index (χ3n) is 11.1. The van der Waals surface area contributed by atoms with Gasteiger partial charge in [-0.25, -0.2) is 9.59 Å². The Bertz CT molecular complexity index is 1610. The van der Waals surface area contributed by atoms with Gasteiger partial charge in [0.1, 0.15) is 30.0 Å². The quantitative estimate of drug-likeness (QED) is 0.0542. The Balaban J connectivity index is 1.62. The monoisotopic (exact) mass is 692 g/mol. The average molecular weight is 693 g/mol. The summed E-state index contributed by atoms with van der Waals surface area (Å²) in [5, 5.41) is 60.0. The zero-order valence-electron chi connectivity index (χ0n) is 28.9. The summed E-state index contributed by atoms with van der Waals surface area (Å²) in [5.74, 6) is -7.07. The fourth-order valence-corrected chi connectivity index (χ4v) is 8.29. The van der Waals surface area contributed by atoms with Gasteiger partial charge in [-0.1, -0.05) is 87.9 Å². The number of fused-ring (bicyclic) bond motifs is 5. The van der Waals surface area contributed by atoms with Gasteiger partial charge in [0.2, 0.25) is 0 Å². The van der Waals surface area contributed by atoms with Crippen molar-refractivity contribution in [3.8, 4) is 0 Å². The Kier molecular flexibility index (Phi) is 10.6. The lowest BCUT2D eigenvalue weighted by Crippen LogP contribution is -2.76. The number of hydrogen-bond donors (Lipinski definition) is 5. The summed E-state index contributed by atoms with van der Waals surface area (Å²) in [7, 11) is 0. The smallest absolute Gasteiger partial charge is 0.331 e. The molecule has 2 saturated carbocycles. The molecule has 11 heteroatoms. The largest absolute Gasteiger partial charge is 0.455 e. The molecule has 0 unspecified atom stereocenters. The molecule has 1 heterocycles. The van der Waals surface area contributed by atoms with Gasteiger partial charge in [-0.05, 0) is 49.5 Å². The molecular weight excluding hydrogens is 644 g/mol. The van der Waals surface area contributed by atoms with E-state index in [0.29, 0.717) is 5.56 Å². The highest BCUT2D eigenvalue weighted by atomic mass is 16.6. The summed E-state index contributed by atoms with van der Waals surface area (Å²) in [6.45, 7) is 9.52. The number of hydrogen-bond acceptors (Lipinski definition) is 11. The van der Waals surface area contributed by atoms with E-state index in [-0.39, 0.29) is 11.1 Å². The van der Waals surface area contributed by atoms with Gasteiger partial charge in [0.15, 0.2) is 17.0 Å². The standard InChI is InChI=1S/C39H48O11/c1-6-7-8-9-10-11-15-18-28(41)49-34-30-33-36(22-40,50-33)35(44)39(47)27(21-24(4)31(39)43)38(30,46)25(5)32(37(34,45)23(2)3)48-29(42)20-19-26-16-13-12-14-17-26/h10-21,25,27,30,32-35,40,44-47H,2,6-9,22H2,1,3-5H3/b11-10+,18-15+,20-19+/t25-,27+,30+,32-,33+,34-,35-,36+,37+,38+,39-/m1/s1. The molecule has 0 aromatic heterocycles. The number of ketones is 1. The molecule has 0 bridgehead atoms. The van der Waals surface area contributed by atoms with Gasteiger partial charge in [-0.15, -0.1) is 0 Å². The van der Waals surface area contributed by atoms with Gasteiger partial charge in [0.25, 0.3) is 0 Å². The minimum absolute atomic E-state index is 0.0124. The maximum absolute atomic E-state index is 13.6. The molecule has 50 heavy (non-hydrogen) atoms. The number of allylic oxidation sites excluding steroid dienone is 3. The Morgan fingerprint density at radius 1 is 1.02 bits per heavy atom.